The Morgan fingerprint density at radius 3 is 2.62 bits per heavy atom. The number of thioether (sulfide) groups is 1. The summed E-state index contributed by atoms with van der Waals surface area (Å²) in [6.45, 7) is 0.520. The van der Waals surface area contributed by atoms with E-state index in [0.717, 1.165) is 5.75 Å². The third-order valence-corrected chi connectivity index (χ3v) is 3.67. The lowest BCUT2D eigenvalue weighted by Gasteiger charge is -2.08. The topological polar surface area (TPSA) is 69.4 Å². The van der Waals surface area contributed by atoms with Crippen LogP contribution in [0.15, 0.2) is 0 Å². The third kappa shape index (κ3) is 10.1. The average Bonchev–Trinajstić information content (AvgIpc) is 1.97. The number of hydrogen-bond donors (Lipinski definition) is 1. The number of rotatable bonds is 7. The van der Waals surface area contributed by atoms with Crippen molar-refractivity contribution in [1.82, 2.24) is 0 Å². The van der Waals surface area contributed by atoms with Gasteiger partial charge in [-0.1, -0.05) is 0 Å². The van der Waals surface area contributed by atoms with Crippen LogP contribution in [0.1, 0.15) is 0 Å². The summed E-state index contributed by atoms with van der Waals surface area (Å²) in [6, 6.07) is -0.00504. The first kappa shape index (κ1) is 13.2. The molecule has 0 aromatic carbocycles. The summed E-state index contributed by atoms with van der Waals surface area (Å²) in [5, 5.41) is 0. The van der Waals surface area contributed by atoms with Crippen LogP contribution in [-0.4, -0.2) is 51.7 Å². The highest BCUT2D eigenvalue weighted by molar-refractivity contribution is 8.00. The van der Waals surface area contributed by atoms with Crippen molar-refractivity contribution < 1.29 is 13.2 Å². The van der Waals surface area contributed by atoms with Crippen molar-refractivity contribution in [2.45, 2.75) is 6.04 Å². The highest BCUT2D eigenvalue weighted by atomic mass is 32.2. The average molecular weight is 227 g/mol. The zero-order valence-corrected chi connectivity index (χ0v) is 9.66. The van der Waals surface area contributed by atoms with Crippen LogP contribution in [0, 0.1) is 0 Å². The predicted octanol–water partition coefficient (Wildman–Crippen LogP) is -0.262. The minimum absolute atomic E-state index is 0.00504. The van der Waals surface area contributed by atoms with Crippen molar-refractivity contribution in [1.29, 1.82) is 0 Å². The van der Waals surface area contributed by atoms with Crippen LogP contribution >= 0.6 is 11.8 Å². The molecular weight excluding hydrogens is 210 g/mol. The van der Waals surface area contributed by atoms with Gasteiger partial charge >= 0.3 is 0 Å². The van der Waals surface area contributed by atoms with Crippen molar-refractivity contribution in [3.05, 3.63) is 0 Å². The van der Waals surface area contributed by atoms with Crippen LogP contribution in [-0.2, 0) is 14.6 Å². The van der Waals surface area contributed by atoms with Gasteiger partial charge in [0.15, 0.2) is 0 Å². The lowest BCUT2D eigenvalue weighted by molar-refractivity contribution is 0.186. The molecule has 13 heavy (non-hydrogen) atoms. The summed E-state index contributed by atoms with van der Waals surface area (Å²) in [4.78, 5) is 0. The third-order valence-electron chi connectivity index (χ3n) is 1.31. The zero-order chi connectivity index (χ0) is 10.3. The number of sulfone groups is 1. The van der Waals surface area contributed by atoms with Gasteiger partial charge in [-0.05, 0) is 0 Å². The molecule has 0 aromatic rings. The van der Waals surface area contributed by atoms with Crippen LogP contribution in [0.3, 0.4) is 0 Å². The number of methoxy groups -OCH3 is 1. The molecule has 0 radical (unpaired) electrons. The molecule has 1 unspecified atom stereocenters. The Bertz CT molecular complexity index is 216. The Labute approximate surface area is 84.1 Å². The second-order valence-corrected chi connectivity index (χ2v) is 6.33. The second-order valence-electron chi connectivity index (χ2n) is 2.92. The molecule has 0 bridgehead atoms. The van der Waals surface area contributed by atoms with Gasteiger partial charge < -0.3 is 10.5 Å². The minimum Gasteiger partial charge on any atom is -0.383 e. The van der Waals surface area contributed by atoms with E-state index >= 15 is 0 Å². The summed E-state index contributed by atoms with van der Waals surface area (Å²) in [5.41, 5.74) is 5.64. The molecule has 0 saturated carbocycles. The summed E-state index contributed by atoms with van der Waals surface area (Å²) in [6.07, 6.45) is 1.24. The molecule has 80 valence electrons. The minimum atomic E-state index is -2.83. The highest BCUT2D eigenvalue weighted by Crippen LogP contribution is 2.02. The van der Waals surface area contributed by atoms with Crippen LogP contribution in [0.4, 0.5) is 0 Å². The molecule has 0 rings (SSSR count). The number of hydrogen-bond acceptors (Lipinski definition) is 5. The van der Waals surface area contributed by atoms with Crippen LogP contribution in [0.2, 0.25) is 0 Å². The monoisotopic (exact) mass is 227 g/mol. The SMILES string of the molecule is COCC(N)CSCCS(C)(=O)=O. The Kier molecular flexibility index (Phi) is 6.75. The maximum atomic E-state index is 10.7. The molecule has 0 spiro atoms. The van der Waals surface area contributed by atoms with E-state index in [-0.39, 0.29) is 11.8 Å². The lowest BCUT2D eigenvalue weighted by Crippen LogP contribution is -2.28. The Morgan fingerprint density at radius 1 is 1.54 bits per heavy atom. The fourth-order valence-electron chi connectivity index (χ4n) is 0.707. The summed E-state index contributed by atoms with van der Waals surface area (Å²) >= 11 is 1.54. The maximum Gasteiger partial charge on any atom is 0.148 e. The predicted molar refractivity (Wildman–Crippen MR) is 56.9 cm³/mol. The standard InChI is InChI=1S/C7H17NO3S2/c1-11-5-7(8)6-12-3-4-13(2,9)10/h7H,3-6,8H2,1-2H3. The number of nitrogens with two attached hydrogens (primary N) is 1. The number of ether oxygens (including phenoxy) is 1. The molecular formula is C7H17NO3S2. The van der Waals surface area contributed by atoms with Crippen LogP contribution in [0.5, 0.6) is 0 Å². The van der Waals surface area contributed by atoms with Crippen LogP contribution < -0.4 is 5.73 Å². The fraction of sp³-hybridized carbons (Fsp3) is 1.00. The first-order chi connectivity index (χ1) is 5.95. The van der Waals surface area contributed by atoms with Gasteiger partial charge in [-0.3, -0.25) is 0 Å². The first-order valence-electron chi connectivity index (χ1n) is 3.95. The molecule has 0 heterocycles. The highest BCUT2D eigenvalue weighted by Gasteiger charge is 2.04. The van der Waals surface area contributed by atoms with Gasteiger partial charge in [-0.2, -0.15) is 11.8 Å². The van der Waals surface area contributed by atoms with E-state index < -0.39 is 9.84 Å². The smallest absolute Gasteiger partial charge is 0.148 e. The van der Waals surface area contributed by atoms with Gasteiger partial charge in [0.05, 0.1) is 12.4 Å². The molecule has 0 aliphatic heterocycles. The summed E-state index contributed by atoms with van der Waals surface area (Å²) < 4.78 is 26.3. The van der Waals surface area contributed by atoms with Gasteiger partial charge in [0.2, 0.25) is 0 Å². The molecule has 0 fully saturated rings. The molecule has 0 saturated heterocycles. The summed E-state index contributed by atoms with van der Waals surface area (Å²) in [7, 11) is -1.23. The van der Waals surface area contributed by atoms with E-state index in [1.807, 2.05) is 0 Å². The molecule has 0 amide bonds. The zero-order valence-electron chi connectivity index (χ0n) is 8.02. The Balaban J connectivity index is 3.36. The normalized spacial score (nSPS) is 14.4. The van der Waals surface area contributed by atoms with E-state index in [1.165, 1.54) is 6.26 Å². The van der Waals surface area contributed by atoms with Crippen molar-refractivity contribution in [3.8, 4) is 0 Å². The molecule has 0 aliphatic carbocycles. The van der Waals surface area contributed by atoms with E-state index in [2.05, 4.69) is 0 Å². The van der Waals surface area contributed by atoms with Gasteiger partial charge in [0.25, 0.3) is 0 Å². The van der Waals surface area contributed by atoms with E-state index in [9.17, 15) is 8.42 Å². The first-order valence-corrected chi connectivity index (χ1v) is 7.17. The van der Waals surface area contributed by atoms with E-state index in [0.29, 0.717) is 12.4 Å². The molecule has 2 N–H and O–H groups in total. The maximum absolute atomic E-state index is 10.7. The van der Waals surface area contributed by atoms with Crippen molar-refractivity contribution in [2.75, 3.05) is 37.2 Å². The lowest BCUT2D eigenvalue weighted by atomic mass is 10.4. The molecule has 0 aromatic heterocycles. The van der Waals surface area contributed by atoms with Crippen LogP contribution in [0.25, 0.3) is 0 Å². The molecule has 6 heteroatoms. The molecule has 0 aliphatic rings. The largest absolute Gasteiger partial charge is 0.383 e. The van der Waals surface area contributed by atoms with Crippen molar-refractivity contribution >= 4 is 21.6 Å². The van der Waals surface area contributed by atoms with Gasteiger partial charge in [-0.25, -0.2) is 8.42 Å². The molecule has 4 nitrogen and oxygen atoms in total. The van der Waals surface area contributed by atoms with E-state index in [4.69, 9.17) is 10.5 Å². The quantitative estimate of drug-likeness (QED) is 0.607. The van der Waals surface area contributed by atoms with Crippen molar-refractivity contribution in [2.24, 2.45) is 5.73 Å². The van der Waals surface area contributed by atoms with E-state index in [1.54, 1.807) is 18.9 Å². The summed E-state index contributed by atoms with van der Waals surface area (Å²) in [5.74, 6) is 1.57. The van der Waals surface area contributed by atoms with Gasteiger partial charge in [0, 0.05) is 30.9 Å². The van der Waals surface area contributed by atoms with Gasteiger partial charge in [-0.15, -0.1) is 0 Å². The second kappa shape index (κ2) is 6.64. The fourth-order valence-corrected chi connectivity index (χ4v) is 2.96. The Morgan fingerprint density at radius 2 is 2.15 bits per heavy atom. The Hall–Kier alpha value is 0.220. The van der Waals surface area contributed by atoms with Gasteiger partial charge in [0.1, 0.15) is 9.84 Å². The molecule has 1 atom stereocenters. The van der Waals surface area contributed by atoms with Crippen molar-refractivity contribution in [3.63, 3.8) is 0 Å².